The first-order chi connectivity index (χ1) is 12.8. The van der Waals surface area contributed by atoms with Crippen LogP contribution in [0.1, 0.15) is 22.3 Å². The second kappa shape index (κ2) is 8.79. The predicted octanol–water partition coefficient (Wildman–Crippen LogP) is 5.69. The van der Waals surface area contributed by atoms with E-state index in [1.165, 1.54) is 28.0 Å². The Morgan fingerprint density at radius 1 is 0.704 bits per heavy atom. The normalized spacial score (nSPS) is 13.3. The molecule has 0 saturated heterocycles. The van der Waals surface area contributed by atoms with E-state index in [0.717, 1.165) is 19.8 Å². The molecule has 0 radical (unpaired) electrons. The van der Waals surface area contributed by atoms with Gasteiger partial charge in [-0.3, -0.25) is 0 Å². The van der Waals surface area contributed by atoms with Gasteiger partial charge in [-0.2, -0.15) is 0 Å². The quantitative estimate of drug-likeness (QED) is 0.564. The standard InChI is InChI=1S/C24H24N2.ClH/c1-20-12-14-22(15-13-20)16-25-18-24(23-10-6-3-7-11-23)26(19-25)17-21-8-4-2-5-9-21;/h2-15,18H,16-17,19H2,1H3;1H. The van der Waals surface area contributed by atoms with Crippen molar-refractivity contribution >= 4 is 18.1 Å². The molecule has 4 rings (SSSR count). The Balaban J connectivity index is 0.00000210. The SMILES string of the molecule is Cc1ccc(CN2C=C(c3ccccc3)N(Cc3ccccc3)C2)cc1.Cl. The highest BCUT2D eigenvalue weighted by Gasteiger charge is 2.22. The summed E-state index contributed by atoms with van der Waals surface area (Å²) in [6.45, 7) is 4.90. The largest absolute Gasteiger partial charge is 0.354 e. The van der Waals surface area contributed by atoms with Gasteiger partial charge in [0.1, 0.15) is 0 Å². The van der Waals surface area contributed by atoms with E-state index in [0.29, 0.717) is 0 Å². The molecule has 0 fully saturated rings. The Labute approximate surface area is 168 Å². The van der Waals surface area contributed by atoms with Gasteiger partial charge in [-0.05, 0) is 23.6 Å². The number of hydrogen-bond donors (Lipinski definition) is 0. The van der Waals surface area contributed by atoms with Crippen molar-refractivity contribution in [2.75, 3.05) is 6.67 Å². The monoisotopic (exact) mass is 376 g/mol. The Morgan fingerprint density at radius 2 is 1.30 bits per heavy atom. The van der Waals surface area contributed by atoms with Crippen LogP contribution in [-0.4, -0.2) is 16.5 Å². The molecule has 0 spiro atoms. The molecule has 138 valence electrons. The van der Waals surface area contributed by atoms with Crippen molar-refractivity contribution in [1.82, 2.24) is 9.80 Å². The van der Waals surface area contributed by atoms with Crippen LogP contribution in [0.3, 0.4) is 0 Å². The minimum absolute atomic E-state index is 0. The first-order valence-electron chi connectivity index (χ1n) is 9.14. The number of hydrogen-bond acceptors (Lipinski definition) is 2. The molecule has 2 nitrogen and oxygen atoms in total. The lowest BCUT2D eigenvalue weighted by molar-refractivity contribution is 0.261. The average molecular weight is 377 g/mol. The topological polar surface area (TPSA) is 6.48 Å². The lowest BCUT2D eigenvalue weighted by Gasteiger charge is -2.24. The minimum atomic E-state index is 0. The van der Waals surface area contributed by atoms with E-state index < -0.39 is 0 Å². The van der Waals surface area contributed by atoms with E-state index >= 15 is 0 Å². The molecule has 27 heavy (non-hydrogen) atoms. The van der Waals surface area contributed by atoms with Crippen LogP contribution in [0.4, 0.5) is 0 Å². The fourth-order valence-electron chi connectivity index (χ4n) is 3.42. The van der Waals surface area contributed by atoms with E-state index in [2.05, 4.69) is 108 Å². The van der Waals surface area contributed by atoms with Gasteiger partial charge in [0.25, 0.3) is 0 Å². The predicted molar refractivity (Wildman–Crippen MR) is 115 cm³/mol. The van der Waals surface area contributed by atoms with Gasteiger partial charge >= 0.3 is 0 Å². The average Bonchev–Trinajstić information content (AvgIpc) is 3.07. The van der Waals surface area contributed by atoms with Crippen LogP contribution in [0, 0.1) is 6.92 Å². The van der Waals surface area contributed by atoms with E-state index in [-0.39, 0.29) is 12.4 Å². The number of aryl methyl sites for hydroxylation is 1. The molecule has 0 amide bonds. The molecule has 3 aromatic carbocycles. The molecule has 0 N–H and O–H groups in total. The molecule has 0 aromatic heterocycles. The lowest BCUT2D eigenvalue weighted by atomic mass is 10.1. The third-order valence-corrected chi connectivity index (χ3v) is 4.79. The summed E-state index contributed by atoms with van der Waals surface area (Å²) < 4.78 is 0. The summed E-state index contributed by atoms with van der Waals surface area (Å²) in [4.78, 5) is 4.86. The van der Waals surface area contributed by atoms with Crippen LogP contribution in [0.2, 0.25) is 0 Å². The molecule has 0 saturated carbocycles. The summed E-state index contributed by atoms with van der Waals surface area (Å²) in [5, 5.41) is 0. The Morgan fingerprint density at radius 3 is 1.96 bits per heavy atom. The fourth-order valence-corrected chi connectivity index (χ4v) is 3.42. The van der Waals surface area contributed by atoms with Crippen molar-refractivity contribution in [3.8, 4) is 0 Å². The summed E-state index contributed by atoms with van der Waals surface area (Å²) in [7, 11) is 0. The summed E-state index contributed by atoms with van der Waals surface area (Å²) in [5.74, 6) is 0. The van der Waals surface area contributed by atoms with Crippen LogP contribution in [0.5, 0.6) is 0 Å². The van der Waals surface area contributed by atoms with Crippen LogP contribution in [0.25, 0.3) is 5.70 Å². The van der Waals surface area contributed by atoms with Crippen molar-refractivity contribution in [2.24, 2.45) is 0 Å². The van der Waals surface area contributed by atoms with Crippen molar-refractivity contribution in [1.29, 1.82) is 0 Å². The van der Waals surface area contributed by atoms with E-state index in [1.807, 2.05) is 0 Å². The molecule has 0 aliphatic carbocycles. The highest BCUT2D eigenvalue weighted by Crippen LogP contribution is 2.28. The van der Waals surface area contributed by atoms with Crippen LogP contribution in [0.15, 0.2) is 91.1 Å². The van der Waals surface area contributed by atoms with Crippen molar-refractivity contribution in [3.63, 3.8) is 0 Å². The lowest BCUT2D eigenvalue weighted by Crippen LogP contribution is -2.26. The molecule has 1 aliphatic rings. The minimum Gasteiger partial charge on any atom is -0.354 e. The molecule has 3 heteroatoms. The van der Waals surface area contributed by atoms with E-state index in [4.69, 9.17) is 0 Å². The van der Waals surface area contributed by atoms with Gasteiger partial charge < -0.3 is 9.80 Å². The van der Waals surface area contributed by atoms with E-state index in [9.17, 15) is 0 Å². The van der Waals surface area contributed by atoms with Gasteiger partial charge in [0.2, 0.25) is 0 Å². The maximum absolute atomic E-state index is 2.46. The maximum Gasteiger partial charge on any atom is 0.0906 e. The van der Waals surface area contributed by atoms with Crippen molar-refractivity contribution < 1.29 is 0 Å². The van der Waals surface area contributed by atoms with E-state index in [1.54, 1.807) is 0 Å². The van der Waals surface area contributed by atoms with Gasteiger partial charge in [0.05, 0.1) is 12.4 Å². The third kappa shape index (κ3) is 4.72. The van der Waals surface area contributed by atoms with Crippen molar-refractivity contribution in [3.05, 3.63) is 113 Å². The zero-order valence-electron chi connectivity index (χ0n) is 15.6. The summed E-state index contributed by atoms with van der Waals surface area (Å²) in [5.41, 5.74) is 6.56. The second-order valence-electron chi connectivity index (χ2n) is 6.94. The van der Waals surface area contributed by atoms with Crippen molar-refractivity contribution in [2.45, 2.75) is 20.0 Å². The molecule has 0 unspecified atom stereocenters. The zero-order chi connectivity index (χ0) is 17.8. The number of nitrogens with zero attached hydrogens (tertiary/aromatic N) is 2. The number of halogens is 1. The van der Waals surface area contributed by atoms with Gasteiger partial charge in [0, 0.05) is 19.3 Å². The van der Waals surface area contributed by atoms with Crippen LogP contribution < -0.4 is 0 Å². The molecule has 0 atom stereocenters. The fraction of sp³-hybridized carbons (Fsp3) is 0.167. The molecular formula is C24H25ClN2. The zero-order valence-corrected chi connectivity index (χ0v) is 16.4. The Bertz CT molecular complexity index is 873. The molecule has 0 bridgehead atoms. The number of benzene rings is 3. The van der Waals surface area contributed by atoms with Gasteiger partial charge in [-0.25, -0.2) is 0 Å². The van der Waals surface area contributed by atoms with Gasteiger partial charge in [0.15, 0.2) is 0 Å². The third-order valence-electron chi connectivity index (χ3n) is 4.79. The smallest absolute Gasteiger partial charge is 0.0906 e. The highest BCUT2D eigenvalue weighted by molar-refractivity contribution is 5.85. The first-order valence-corrected chi connectivity index (χ1v) is 9.14. The second-order valence-corrected chi connectivity index (χ2v) is 6.94. The molecular weight excluding hydrogens is 352 g/mol. The van der Waals surface area contributed by atoms with Crippen LogP contribution in [-0.2, 0) is 13.1 Å². The summed E-state index contributed by atoms with van der Waals surface area (Å²) >= 11 is 0. The molecule has 3 aromatic rings. The number of rotatable bonds is 5. The Hall–Kier alpha value is -2.71. The van der Waals surface area contributed by atoms with Gasteiger partial charge in [-0.15, -0.1) is 12.4 Å². The highest BCUT2D eigenvalue weighted by atomic mass is 35.5. The Kier molecular flexibility index (Phi) is 6.20. The molecule has 1 aliphatic heterocycles. The molecule has 1 heterocycles. The summed E-state index contributed by atoms with van der Waals surface area (Å²) in [6.07, 6.45) is 2.30. The van der Waals surface area contributed by atoms with Gasteiger partial charge in [-0.1, -0.05) is 90.5 Å². The van der Waals surface area contributed by atoms with Crippen LogP contribution >= 0.6 is 12.4 Å². The first kappa shape index (κ1) is 19.1. The summed E-state index contributed by atoms with van der Waals surface area (Å²) in [6, 6.07) is 30.2. The maximum atomic E-state index is 2.46.